The zero-order valence-corrected chi connectivity index (χ0v) is 6.44. The summed E-state index contributed by atoms with van der Waals surface area (Å²) >= 11 is 0. The van der Waals surface area contributed by atoms with Crippen LogP contribution in [0.2, 0.25) is 0 Å². The Labute approximate surface area is 69.4 Å². The van der Waals surface area contributed by atoms with E-state index in [1.807, 2.05) is 12.1 Å². The topological polar surface area (TPSA) is 22.4 Å². The summed E-state index contributed by atoms with van der Waals surface area (Å²) < 4.78 is 10.7. The molecule has 0 bridgehead atoms. The molecule has 0 radical (unpaired) electrons. The first-order valence-electron chi connectivity index (χ1n) is 4.03. The molecule has 2 heteroatoms. The zero-order chi connectivity index (χ0) is 7.97. The van der Waals surface area contributed by atoms with Gasteiger partial charge in [-0.3, -0.25) is 0 Å². The second-order valence-corrected chi connectivity index (χ2v) is 3.08. The first-order chi connectivity index (χ1) is 5.93. The molecule has 1 aromatic heterocycles. The molecule has 0 N–H and O–H groups in total. The molecule has 0 saturated heterocycles. The zero-order valence-electron chi connectivity index (χ0n) is 6.44. The van der Waals surface area contributed by atoms with E-state index < -0.39 is 0 Å². The Kier molecular flexibility index (Phi) is 1.04. The van der Waals surface area contributed by atoms with Gasteiger partial charge in [-0.2, -0.15) is 0 Å². The fourth-order valence-corrected chi connectivity index (χ4v) is 1.68. The molecule has 0 amide bonds. The molecule has 1 aromatic rings. The molecule has 2 aliphatic rings. The Bertz CT molecular complexity index is 439. The van der Waals surface area contributed by atoms with E-state index in [1.54, 1.807) is 12.5 Å². The van der Waals surface area contributed by atoms with E-state index in [1.165, 1.54) is 0 Å². The molecule has 0 saturated carbocycles. The van der Waals surface area contributed by atoms with E-state index in [2.05, 4.69) is 12.2 Å². The van der Waals surface area contributed by atoms with Gasteiger partial charge in [-0.25, -0.2) is 0 Å². The summed E-state index contributed by atoms with van der Waals surface area (Å²) in [6, 6.07) is 1.96. The van der Waals surface area contributed by atoms with Crippen molar-refractivity contribution in [3.63, 3.8) is 0 Å². The number of furan rings is 1. The Balaban J connectivity index is 2.28. The minimum Gasteiger partial charge on any atom is -0.493 e. The molecule has 60 valence electrons. The average Bonchev–Trinajstić information content (AvgIpc) is 2.64. The highest BCUT2D eigenvalue weighted by Crippen LogP contribution is 2.21. The average molecular weight is 160 g/mol. The van der Waals surface area contributed by atoms with Crippen molar-refractivity contribution in [1.82, 2.24) is 0 Å². The number of hydrogen-bond donors (Lipinski definition) is 0. The third-order valence-electron chi connectivity index (χ3n) is 2.33. The van der Waals surface area contributed by atoms with Gasteiger partial charge in [-0.05, 0) is 24.3 Å². The van der Waals surface area contributed by atoms with E-state index in [0.29, 0.717) is 5.92 Å². The minimum absolute atomic E-state index is 0.190. The van der Waals surface area contributed by atoms with Gasteiger partial charge in [0.15, 0.2) is 0 Å². The van der Waals surface area contributed by atoms with Crippen LogP contribution in [0.25, 0.3) is 12.2 Å². The molecule has 0 fully saturated rings. The van der Waals surface area contributed by atoms with Gasteiger partial charge in [0.25, 0.3) is 0 Å². The van der Waals surface area contributed by atoms with Crippen molar-refractivity contribution in [2.24, 2.45) is 5.92 Å². The van der Waals surface area contributed by atoms with Crippen molar-refractivity contribution < 1.29 is 9.15 Å². The lowest BCUT2D eigenvalue weighted by Crippen LogP contribution is -2.30. The molecule has 3 rings (SSSR count). The molecule has 1 aliphatic heterocycles. The molecule has 2 unspecified atom stereocenters. The fourth-order valence-electron chi connectivity index (χ4n) is 1.68. The number of ether oxygens (including phenoxy) is 1. The molecule has 2 nitrogen and oxygen atoms in total. The van der Waals surface area contributed by atoms with Gasteiger partial charge in [-0.1, -0.05) is 0 Å². The van der Waals surface area contributed by atoms with Crippen LogP contribution in [-0.4, -0.2) is 6.10 Å². The number of hydrogen-bond acceptors (Lipinski definition) is 2. The first kappa shape index (κ1) is 6.12. The van der Waals surface area contributed by atoms with E-state index in [-0.39, 0.29) is 6.10 Å². The van der Waals surface area contributed by atoms with Crippen molar-refractivity contribution in [3.8, 4) is 0 Å². The summed E-state index contributed by atoms with van der Waals surface area (Å²) in [4.78, 5) is 0. The van der Waals surface area contributed by atoms with Crippen molar-refractivity contribution in [2.45, 2.75) is 6.10 Å². The van der Waals surface area contributed by atoms with Gasteiger partial charge in [0.2, 0.25) is 0 Å². The highest BCUT2D eigenvalue weighted by atomic mass is 16.5. The third kappa shape index (κ3) is 0.694. The maximum Gasteiger partial charge on any atom is 0.130 e. The molecular weight excluding hydrogens is 152 g/mol. The van der Waals surface area contributed by atoms with Gasteiger partial charge in [0.1, 0.15) is 11.5 Å². The lowest BCUT2D eigenvalue weighted by Gasteiger charge is -2.12. The van der Waals surface area contributed by atoms with E-state index in [4.69, 9.17) is 9.15 Å². The normalized spacial score (nSPS) is 29.7. The summed E-state index contributed by atoms with van der Waals surface area (Å²) in [7, 11) is 0. The van der Waals surface area contributed by atoms with Crippen LogP contribution in [0.5, 0.6) is 0 Å². The molecule has 12 heavy (non-hydrogen) atoms. The molecule has 2 atom stereocenters. The van der Waals surface area contributed by atoms with Crippen molar-refractivity contribution in [1.29, 1.82) is 0 Å². The van der Waals surface area contributed by atoms with Crippen molar-refractivity contribution in [3.05, 3.63) is 35.3 Å². The van der Waals surface area contributed by atoms with Crippen molar-refractivity contribution >= 4 is 12.2 Å². The Morgan fingerprint density at radius 2 is 2.25 bits per heavy atom. The molecule has 1 aliphatic carbocycles. The first-order valence-corrected chi connectivity index (χ1v) is 4.03. The predicted molar refractivity (Wildman–Crippen MR) is 44.4 cm³/mol. The van der Waals surface area contributed by atoms with Gasteiger partial charge in [-0.15, -0.1) is 0 Å². The second kappa shape index (κ2) is 2.03. The summed E-state index contributed by atoms with van der Waals surface area (Å²) in [5, 5.41) is 1.14. The van der Waals surface area contributed by atoms with Crippen LogP contribution in [0.4, 0.5) is 0 Å². The van der Waals surface area contributed by atoms with E-state index in [9.17, 15) is 0 Å². The van der Waals surface area contributed by atoms with Crippen LogP contribution in [-0.2, 0) is 4.74 Å². The predicted octanol–water partition coefficient (Wildman–Crippen LogP) is 0.383. The van der Waals surface area contributed by atoms with Crippen LogP contribution in [0.3, 0.4) is 0 Å². The van der Waals surface area contributed by atoms with Crippen molar-refractivity contribution in [2.75, 3.05) is 0 Å². The van der Waals surface area contributed by atoms with Gasteiger partial charge in [0.05, 0.1) is 12.5 Å². The maximum absolute atomic E-state index is 5.37. The van der Waals surface area contributed by atoms with Gasteiger partial charge >= 0.3 is 0 Å². The summed E-state index contributed by atoms with van der Waals surface area (Å²) in [6.45, 7) is 0. The monoisotopic (exact) mass is 160 g/mol. The highest BCUT2D eigenvalue weighted by molar-refractivity contribution is 5.46. The van der Waals surface area contributed by atoms with Gasteiger partial charge in [0, 0.05) is 11.1 Å². The SMILES string of the molecule is C1=CC2C=c3occc3=CC2O1. The lowest BCUT2D eigenvalue weighted by atomic mass is 9.99. The highest BCUT2D eigenvalue weighted by Gasteiger charge is 2.23. The molecule has 0 aromatic carbocycles. The Hall–Kier alpha value is -1.44. The van der Waals surface area contributed by atoms with Crippen LogP contribution in [0.1, 0.15) is 0 Å². The van der Waals surface area contributed by atoms with E-state index >= 15 is 0 Å². The van der Waals surface area contributed by atoms with E-state index in [0.717, 1.165) is 10.6 Å². The molecular formula is C10H8O2. The molecule has 2 heterocycles. The van der Waals surface area contributed by atoms with Crippen LogP contribution < -0.4 is 10.6 Å². The lowest BCUT2D eigenvalue weighted by molar-refractivity contribution is 0.209. The van der Waals surface area contributed by atoms with Crippen LogP contribution in [0.15, 0.2) is 29.1 Å². The fraction of sp³-hybridized carbons (Fsp3) is 0.200. The Morgan fingerprint density at radius 1 is 1.25 bits per heavy atom. The Morgan fingerprint density at radius 3 is 3.25 bits per heavy atom. The second-order valence-electron chi connectivity index (χ2n) is 3.08. The standard InChI is InChI=1S/C10H8O2/c1-3-11-9-6-8-2-4-12-10(8)5-7(1)9/h1-7,9H. The maximum atomic E-state index is 5.37. The summed E-state index contributed by atoms with van der Waals surface area (Å²) in [5.41, 5.74) is 0.964. The van der Waals surface area contributed by atoms with Crippen LogP contribution in [0, 0.1) is 5.92 Å². The molecule has 0 spiro atoms. The third-order valence-corrected chi connectivity index (χ3v) is 2.33. The minimum atomic E-state index is 0.190. The largest absolute Gasteiger partial charge is 0.493 e. The smallest absolute Gasteiger partial charge is 0.130 e. The van der Waals surface area contributed by atoms with Crippen LogP contribution >= 0.6 is 0 Å². The number of rotatable bonds is 0. The summed E-state index contributed by atoms with van der Waals surface area (Å²) in [5.74, 6) is 0.364. The number of fused-ring (bicyclic) bond motifs is 2. The summed E-state index contributed by atoms with van der Waals surface area (Å²) in [6.07, 6.45) is 9.91. The van der Waals surface area contributed by atoms with Gasteiger partial charge < -0.3 is 9.15 Å². The quantitative estimate of drug-likeness (QED) is 0.547.